The summed E-state index contributed by atoms with van der Waals surface area (Å²) in [7, 11) is -1.99. The number of rotatable bonds is 5. The summed E-state index contributed by atoms with van der Waals surface area (Å²) in [6, 6.07) is 2.11. The molecule has 0 bridgehead atoms. The molecule has 2 unspecified atom stereocenters. The highest BCUT2D eigenvalue weighted by Crippen LogP contribution is 2.51. The van der Waals surface area contributed by atoms with Crippen LogP contribution in [0.4, 0.5) is 0 Å². The van der Waals surface area contributed by atoms with E-state index < -0.39 is 20.5 Å². The molecule has 6 heteroatoms. The molecule has 0 spiro atoms. The van der Waals surface area contributed by atoms with Crippen molar-refractivity contribution in [2.24, 2.45) is 11.3 Å². The van der Waals surface area contributed by atoms with Gasteiger partial charge in [0.15, 0.2) is 9.84 Å². The van der Waals surface area contributed by atoms with Gasteiger partial charge in [0.2, 0.25) is 0 Å². The molecule has 2 fully saturated rings. The number of hydrogen-bond donors (Lipinski definition) is 0. The standard InChI is InChI=1S/C13H19NO4S/c1-18-12(15)7-13(5-6-13)9-19(16,17)11-4-2-3-10(11)8-14/h10-11H,2-7,9H2,1H3. The molecule has 2 saturated carbocycles. The third-order valence-corrected chi connectivity index (χ3v) is 6.79. The van der Waals surface area contributed by atoms with Gasteiger partial charge in [-0.05, 0) is 31.1 Å². The quantitative estimate of drug-likeness (QED) is 0.713. The monoisotopic (exact) mass is 285 g/mol. The molecule has 0 radical (unpaired) electrons. The van der Waals surface area contributed by atoms with Gasteiger partial charge >= 0.3 is 5.97 Å². The third-order valence-electron chi connectivity index (χ3n) is 4.29. The van der Waals surface area contributed by atoms with Crippen LogP contribution in [0.2, 0.25) is 0 Å². The number of nitriles is 1. The van der Waals surface area contributed by atoms with E-state index in [4.69, 9.17) is 5.26 Å². The highest BCUT2D eigenvalue weighted by molar-refractivity contribution is 7.92. The van der Waals surface area contributed by atoms with Crippen molar-refractivity contribution in [3.05, 3.63) is 0 Å². The third kappa shape index (κ3) is 3.08. The largest absolute Gasteiger partial charge is 0.469 e. The van der Waals surface area contributed by atoms with E-state index in [2.05, 4.69) is 10.8 Å². The van der Waals surface area contributed by atoms with Gasteiger partial charge in [0, 0.05) is 0 Å². The minimum atomic E-state index is -3.30. The minimum Gasteiger partial charge on any atom is -0.469 e. The molecule has 2 rings (SSSR count). The molecule has 2 aliphatic carbocycles. The van der Waals surface area contributed by atoms with Crippen LogP contribution in [0.3, 0.4) is 0 Å². The lowest BCUT2D eigenvalue weighted by Gasteiger charge is -2.19. The molecule has 0 aromatic carbocycles. The maximum Gasteiger partial charge on any atom is 0.306 e. The minimum absolute atomic E-state index is 0.0257. The van der Waals surface area contributed by atoms with Gasteiger partial charge in [0.05, 0.1) is 36.5 Å². The second kappa shape index (κ2) is 5.12. The Kier molecular flexibility index (Phi) is 3.86. The maximum absolute atomic E-state index is 12.4. The first kappa shape index (κ1) is 14.3. The summed E-state index contributed by atoms with van der Waals surface area (Å²) < 4.78 is 29.5. The normalized spacial score (nSPS) is 28.6. The van der Waals surface area contributed by atoms with Crippen LogP contribution in [0.5, 0.6) is 0 Å². The summed E-state index contributed by atoms with van der Waals surface area (Å²) in [4.78, 5) is 11.3. The van der Waals surface area contributed by atoms with Crippen LogP contribution in [0, 0.1) is 22.7 Å². The van der Waals surface area contributed by atoms with E-state index in [9.17, 15) is 13.2 Å². The van der Waals surface area contributed by atoms with Crippen LogP contribution in [0.25, 0.3) is 0 Å². The van der Waals surface area contributed by atoms with Crippen molar-refractivity contribution >= 4 is 15.8 Å². The average molecular weight is 285 g/mol. The molecule has 0 heterocycles. The van der Waals surface area contributed by atoms with Crippen LogP contribution in [0.1, 0.15) is 38.5 Å². The molecule has 0 saturated heterocycles. The molecule has 0 N–H and O–H groups in total. The molecule has 19 heavy (non-hydrogen) atoms. The number of carbonyl (C=O) groups excluding carboxylic acids is 1. The van der Waals surface area contributed by atoms with Crippen molar-refractivity contribution in [2.75, 3.05) is 12.9 Å². The predicted octanol–water partition coefficient (Wildman–Crippen LogP) is 1.44. The zero-order valence-corrected chi connectivity index (χ0v) is 11.9. The Bertz CT molecular complexity index is 501. The summed E-state index contributed by atoms with van der Waals surface area (Å²) in [5.41, 5.74) is -0.422. The van der Waals surface area contributed by atoms with E-state index in [1.807, 2.05) is 0 Å². The van der Waals surface area contributed by atoms with E-state index in [1.54, 1.807) is 0 Å². The molecule has 0 amide bonds. The highest BCUT2D eigenvalue weighted by atomic mass is 32.2. The zero-order chi connectivity index (χ0) is 14.1. The SMILES string of the molecule is COC(=O)CC1(CS(=O)(=O)C2CCCC2C#N)CC1. The second-order valence-corrected chi connectivity index (χ2v) is 7.98. The molecule has 2 aliphatic rings. The van der Waals surface area contributed by atoms with E-state index in [1.165, 1.54) is 7.11 Å². The van der Waals surface area contributed by atoms with Crippen LogP contribution in [-0.4, -0.2) is 32.5 Å². The number of nitrogens with zero attached hydrogens (tertiary/aromatic N) is 1. The number of hydrogen-bond acceptors (Lipinski definition) is 5. The van der Waals surface area contributed by atoms with Crippen molar-refractivity contribution in [2.45, 2.75) is 43.8 Å². The van der Waals surface area contributed by atoms with E-state index >= 15 is 0 Å². The highest BCUT2D eigenvalue weighted by Gasteiger charge is 2.50. The molecular weight excluding hydrogens is 266 g/mol. The fraction of sp³-hybridized carbons (Fsp3) is 0.846. The van der Waals surface area contributed by atoms with E-state index in [-0.39, 0.29) is 24.1 Å². The average Bonchev–Trinajstić information content (AvgIpc) is 2.93. The maximum atomic E-state index is 12.4. The molecular formula is C13H19NO4S. The van der Waals surface area contributed by atoms with Gasteiger partial charge in [-0.25, -0.2) is 8.42 Å². The second-order valence-electron chi connectivity index (χ2n) is 5.77. The van der Waals surface area contributed by atoms with Crippen LogP contribution >= 0.6 is 0 Å². The summed E-state index contributed by atoms with van der Waals surface area (Å²) in [6.45, 7) is 0. The first-order chi connectivity index (χ1) is 8.92. The van der Waals surface area contributed by atoms with Crippen LogP contribution < -0.4 is 0 Å². The van der Waals surface area contributed by atoms with Crippen molar-refractivity contribution in [1.82, 2.24) is 0 Å². The lowest BCUT2D eigenvalue weighted by molar-refractivity contribution is -0.141. The Morgan fingerprint density at radius 3 is 2.63 bits per heavy atom. The van der Waals surface area contributed by atoms with E-state index in [0.29, 0.717) is 12.8 Å². The Morgan fingerprint density at radius 2 is 2.11 bits per heavy atom. The summed E-state index contributed by atoms with van der Waals surface area (Å²) in [6.07, 6.45) is 3.73. The van der Waals surface area contributed by atoms with Gasteiger partial charge < -0.3 is 4.74 Å². The van der Waals surface area contributed by atoms with Gasteiger partial charge in [-0.3, -0.25) is 4.79 Å². The van der Waals surface area contributed by atoms with Crippen molar-refractivity contribution in [3.8, 4) is 6.07 Å². The van der Waals surface area contributed by atoms with Crippen molar-refractivity contribution in [1.29, 1.82) is 5.26 Å². The molecule has 0 aromatic heterocycles. The first-order valence-corrected chi connectivity index (χ1v) is 8.32. The van der Waals surface area contributed by atoms with Crippen molar-refractivity contribution < 1.29 is 17.9 Å². The van der Waals surface area contributed by atoms with Gasteiger partial charge in [-0.1, -0.05) is 6.42 Å². The smallest absolute Gasteiger partial charge is 0.306 e. The number of ether oxygens (including phenoxy) is 1. The van der Waals surface area contributed by atoms with Gasteiger partial charge in [-0.15, -0.1) is 0 Å². The lowest BCUT2D eigenvalue weighted by atomic mass is 10.1. The molecule has 2 atom stereocenters. The molecule has 106 valence electrons. The van der Waals surface area contributed by atoms with Gasteiger partial charge in [-0.2, -0.15) is 5.26 Å². The number of methoxy groups -OCH3 is 1. The number of sulfone groups is 1. The fourth-order valence-corrected chi connectivity index (χ4v) is 5.65. The molecule has 0 aliphatic heterocycles. The number of esters is 1. The Balaban J connectivity index is 2.06. The Hall–Kier alpha value is -1.09. The predicted molar refractivity (Wildman–Crippen MR) is 68.8 cm³/mol. The van der Waals surface area contributed by atoms with Gasteiger partial charge in [0.1, 0.15) is 0 Å². The van der Waals surface area contributed by atoms with Crippen molar-refractivity contribution in [3.63, 3.8) is 0 Å². The van der Waals surface area contributed by atoms with Crippen LogP contribution in [0.15, 0.2) is 0 Å². The van der Waals surface area contributed by atoms with Gasteiger partial charge in [0.25, 0.3) is 0 Å². The lowest BCUT2D eigenvalue weighted by Crippen LogP contribution is -2.31. The Morgan fingerprint density at radius 1 is 1.42 bits per heavy atom. The molecule has 5 nitrogen and oxygen atoms in total. The topological polar surface area (TPSA) is 84.2 Å². The Labute approximate surface area is 113 Å². The molecule has 0 aromatic rings. The summed E-state index contributed by atoms with van der Waals surface area (Å²) in [5.74, 6) is -0.701. The summed E-state index contributed by atoms with van der Waals surface area (Å²) in [5, 5.41) is 8.47. The first-order valence-electron chi connectivity index (χ1n) is 6.60. The summed E-state index contributed by atoms with van der Waals surface area (Å²) >= 11 is 0. The van der Waals surface area contributed by atoms with Crippen LogP contribution in [-0.2, 0) is 19.4 Å². The zero-order valence-electron chi connectivity index (χ0n) is 11.1. The number of carbonyl (C=O) groups is 1. The fourth-order valence-electron chi connectivity index (χ4n) is 2.96. The van der Waals surface area contributed by atoms with E-state index in [0.717, 1.165) is 19.3 Å².